The zero-order valence-electron chi connectivity index (χ0n) is 16.7. The van der Waals surface area contributed by atoms with Gasteiger partial charge >= 0.3 is 10.1 Å². The van der Waals surface area contributed by atoms with Crippen molar-refractivity contribution in [3.63, 3.8) is 0 Å². The highest BCUT2D eigenvalue weighted by atomic mass is 32.2. The summed E-state index contributed by atoms with van der Waals surface area (Å²) >= 11 is 7.63. The Morgan fingerprint density at radius 3 is 2.35 bits per heavy atom. The number of carbonyl (C=O) groups excluding carboxylic acids is 2. The summed E-state index contributed by atoms with van der Waals surface area (Å²) in [7, 11) is -5.51. The Morgan fingerprint density at radius 1 is 1.29 bits per heavy atom. The lowest BCUT2D eigenvalue weighted by atomic mass is 10.1. The minimum Gasteiger partial charge on any atom is -0.494 e. The number of aromatic nitrogens is 1. The highest BCUT2D eigenvalue weighted by molar-refractivity contribution is 7.96. The van der Waals surface area contributed by atoms with E-state index < -0.39 is 77.8 Å². The summed E-state index contributed by atoms with van der Waals surface area (Å²) in [5, 5.41) is 34.9. The van der Waals surface area contributed by atoms with Crippen molar-refractivity contribution in [1.82, 2.24) is 9.88 Å². The third-order valence-electron chi connectivity index (χ3n) is 4.45. The molecule has 18 heteroatoms. The van der Waals surface area contributed by atoms with Crippen LogP contribution >= 0.6 is 25.3 Å². The minimum absolute atomic E-state index is 0.232. The molecule has 2 rings (SSSR count). The Balaban J connectivity index is 2.79. The molecule has 4 N–H and O–H groups in total. The number of nitro groups is 1. The number of azide groups is 1. The van der Waals surface area contributed by atoms with Crippen LogP contribution in [0.15, 0.2) is 35.4 Å². The molecular weight excluding hydrogens is 516 g/mol. The minimum atomic E-state index is -5.51. The van der Waals surface area contributed by atoms with Gasteiger partial charge in [0.25, 0.3) is 16.6 Å². The second kappa shape index (κ2) is 10.2. The Morgan fingerprint density at radius 2 is 1.88 bits per heavy atom. The van der Waals surface area contributed by atoms with E-state index in [9.17, 15) is 42.9 Å². The fourth-order valence-electron chi connectivity index (χ4n) is 3.14. The van der Waals surface area contributed by atoms with Crippen molar-refractivity contribution in [2.24, 2.45) is 5.11 Å². The molecule has 0 fully saturated rings. The number of aromatic hydroxyl groups is 2. The first-order valence-electron chi connectivity index (χ1n) is 8.87. The lowest BCUT2D eigenvalue weighted by Gasteiger charge is -2.35. The van der Waals surface area contributed by atoms with Crippen molar-refractivity contribution in [2.75, 3.05) is 0 Å². The summed E-state index contributed by atoms with van der Waals surface area (Å²) in [5.41, 5.74) is 6.28. The van der Waals surface area contributed by atoms with Gasteiger partial charge in [-0.05, 0) is 17.7 Å². The zero-order chi connectivity index (χ0) is 25.8. The number of thiol groups is 2. The standard InChI is InChI=1S/C16H16N6O9S3/c17-20-19-10-3-1-2-9(14(10)22(27)28)15(26)18-16(34(29,30)31,7-8(32)6-13(25)33)21-11(23)4-5-12(21)24/h1-5,8,23-24,32H,6-7H2,(H,18,26)(H,25,33)(H,29,30,31). The van der Waals surface area contributed by atoms with E-state index >= 15 is 0 Å². The maximum Gasteiger partial charge on any atom is 0.309 e. The van der Waals surface area contributed by atoms with Gasteiger partial charge in [0.1, 0.15) is 11.3 Å². The molecule has 0 saturated heterocycles. The molecular formula is C16H16N6O9S3. The SMILES string of the molecule is [N-]=[N+]=Nc1cccc(C(=O)NC(CC(S)CC(=O)S)(n2c(O)ccc2O)S(=O)(=O)O)c1[N+](=O)[O-]. The van der Waals surface area contributed by atoms with Gasteiger partial charge in [-0.25, -0.2) is 4.57 Å². The maximum atomic E-state index is 13.1. The molecule has 0 saturated carbocycles. The van der Waals surface area contributed by atoms with Gasteiger partial charge in [0, 0.05) is 35.1 Å². The van der Waals surface area contributed by atoms with Crippen molar-refractivity contribution in [3.05, 3.63) is 56.5 Å². The number of hydrogen-bond donors (Lipinski definition) is 6. The van der Waals surface area contributed by atoms with Crippen molar-refractivity contribution in [3.8, 4) is 11.8 Å². The molecule has 2 unspecified atom stereocenters. The number of nitrogens with one attached hydrogen (secondary N) is 1. The third kappa shape index (κ3) is 5.37. The Labute approximate surface area is 201 Å². The summed E-state index contributed by atoms with van der Waals surface area (Å²) in [6.45, 7) is 0. The van der Waals surface area contributed by atoms with Crippen LogP contribution in [0.25, 0.3) is 10.4 Å². The van der Waals surface area contributed by atoms with E-state index in [4.69, 9.17) is 5.53 Å². The van der Waals surface area contributed by atoms with Gasteiger partial charge < -0.3 is 15.5 Å². The quantitative estimate of drug-likeness (QED) is 0.0499. The Bertz CT molecular complexity index is 1290. The van der Waals surface area contributed by atoms with Crippen molar-refractivity contribution in [2.45, 2.75) is 23.1 Å². The Hall–Kier alpha value is -3.44. The first kappa shape index (κ1) is 26.8. The molecule has 2 aromatic rings. The number of benzene rings is 1. The maximum absolute atomic E-state index is 13.1. The topological polar surface area (TPSA) is 238 Å². The Kier molecular flexibility index (Phi) is 8.06. The van der Waals surface area contributed by atoms with E-state index in [0.29, 0.717) is 0 Å². The molecule has 0 aliphatic heterocycles. The van der Waals surface area contributed by atoms with Crippen LogP contribution < -0.4 is 5.32 Å². The molecule has 1 aromatic carbocycles. The predicted molar refractivity (Wildman–Crippen MR) is 123 cm³/mol. The third-order valence-corrected chi connectivity index (χ3v) is 6.31. The number of para-hydroxylation sites is 1. The average Bonchev–Trinajstić information content (AvgIpc) is 3.04. The number of amides is 1. The van der Waals surface area contributed by atoms with Gasteiger partial charge in [-0.2, -0.15) is 21.0 Å². The van der Waals surface area contributed by atoms with Crippen LogP contribution in [-0.4, -0.2) is 48.9 Å². The average molecular weight is 533 g/mol. The first-order valence-corrected chi connectivity index (χ1v) is 11.3. The summed E-state index contributed by atoms with van der Waals surface area (Å²) in [6, 6.07) is 4.71. The van der Waals surface area contributed by atoms with E-state index in [2.05, 4.69) is 35.3 Å². The van der Waals surface area contributed by atoms with Gasteiger partial charge in [-0.3, -0.25) is 24.3 Å². The van der Waals surface area contributed by atoms with Crippen LogP contribution in [0, 0.1) is 10.1 Å². The number of nitrogens with zero attached hydrogens (tertiary/aromatic N) is 5. The van der Waals surface area contributed by atoms with Crippen LogP contribution in [0.3, 0.4) is 0 Å². The fraction of sp³-hybridized carbons (Fsp3) is 0.250. The molecule has 1 aromatic heterocycles. The summed E-state index contributed by atoms with van der Waals surface area (Å²) < 4.78 is 35.5. The van der Waals surface area contributed by atoms with Gasteiger partial charge in [-0.1, -0.05) is 11.2 Å². The lowest BCUT2D eigenvalue weighted by molar-refractivity contribution is -0.384. The van der Waals surface area contributed by atoms with Crippen LogP contribution in [0.5, 0.6) is 11.8 Å². The number of hydrogen-bond acceptors (Lipinski definition) is 10. The van der Waals surface area contributed by atoms with Gasteiger partial charge in [0.15, 0.2) is 16.9 Å². The fourth-order valence-corrected chi connectivity index (χ4v) is 5.11. The molecule has 1 heterocycles. The van der Waals surface area contributed by atoms with Crippen molar-refractivity contribution in [1.29, 1.82) is 0 Å². The monoisotopic (exact) mass is 532 g/mol. The number of nitro benzene ring substituents is 1. The molecule has 1 amide bonds. The lowest BCUT2D eigenvalue weighted by Crippen LogP contribution is -2.56. The van der Waals surface area contributed by atoms with E-state index in [1.54, 1.807) is 0 Å². The van der Waals surface area contributed by atoms with E-state index in [1.165, 1.54) is 0 Å². The molecule has 0 spiro atoms. The molecule has 182 valence electrons. The van der Waals surface area contributed by atoms with Crippen LogP contribution in [0.4, 0.5) is 11.4 Å². The smallest absolute Gasteiger partial charge is 0.309 e. The molecule has 15 nitrogen and oxygen atoms in total. The van der Waals surface area contributed by atoms with Gasteiger partial charge in [0.2, 0.25) is 0 Å². The first-order chi connectivity index (χ1) is 15.7. The molecule has 0 aliphatic carbocycles. The molecule has 34 heavy (non-hydrogen) atoms. The molecule has 0 aliphatic rings. The summed E-state index contributed by atoms with van der Waals surface area (Å²) in [4.78, 5) is 34.3. The van der Waals surface area contributed by atoms with Crippen LogP contribution in [0.2, 0.25) is 0 Å². The van der Waals surface area contributed by atoms with E-state index in [-0.39, 0.29) is 4.57 Å². The van der Waals surface area contributed by atoms with Crippen LogP contribution in [-0.2, 0) is 19.9 Å². The van der Waals surface area contributed by atoms with Crippen molar-refractivity contribution < 1.29 is 37.7 Å². The zero-order valence-corrected chi connectivity index (χ0v) is 19.3. The largest absolute Gasteiger partial charge is 0.494 e. The molecule has 0 radical (unpaired) electrons. The highest BCUT2D eigenvalue weighted by Gasteiger charge is 2.51. The molecule has 2 atom stereocenters. The van der Waals surface area contributed by atoms with E-state index in [1.807, 2.05) is 5.32 Å². The summed E-state index contributed by atoms with van der Waals surface area (Å²) in [5.74, 6) is -3.36. The second-order valence-corrected chi connectivity index (χ2v) is 9.53. The predicted octanol–water partition coefficient (Wildman–Crippen LogP) is 2.21. The normalized spacial score (nSPS) is 13.9. The van der Waals surface area contributed by atoms with Crippen LogP contribution in [0.1, 0.15) is 23.2 Å². The second-order valence-electron chi connectivity index (χ2n) is 6.67. The van der Waals surface area contributed by atoms with Gasteiger partial charge in [-0.15, -0.1) is 12.6 Å². The number of rotatable bonds is 10. The van der Waals surface area contributed by atoms with Gasteiger partial charge in [0.05, 0.1) is 4.92 Å². The number of carbonyl (C=O) groups is 2. The highest BCUT2D eigenvalue weighted by Crippen LogP contribution is 2.39. The summed E-state index contributed by atoms with van der Waals surface area (Å²) in [6.07, 6.45) is -1.40. The van der Waals surface area contributed by atoms with E-state index in [0.717, 1.165) is 30.3 Å². The molecule has 0 bridgehead atoms. The van der Waals surface area contributed by atoms with Crippen molar-refractivity contribution >= 4 is 57.8 Å².